The minimum Gasteiger partial charge on any atom is -0.390 e. The lowest BCUT2D eigenvalue weighted by atomic mass is 9.47. The molecule has 8 atom stereocenters. The van der Waals surface area contributed by atoms with E-state index < -0.39 is 5.60 Å². The highest BCUT2D eigenvalue weighted by atomic mass is 16.3. The van der Waals surface area contributed by atoms with Gasteiger partial charge in [-0.2, -0.15) is 0 Å². The van der Waals surface area contributed by atoms with Crippen molar-refractivity contribution >= 4 is 0 Å². The van der Waals surface area contributed by atoms with Gasteiger partial charge in [0.15, 0.2) is 0 Å². The second-order valence-corrected chi connectivity index (χ2v) is 12.1. The van der Waals surface area contributed by atoms with Crippen molar-refractivity contribution in [1.29, 1.82) is 0 Å². The smallest absolute Gasteiger partial charge is 0.0758 e. The second-order valence-electron chi connectivity index (χ2n) is 12.1. The Morgan fingerprint density at radius 2 is 1.93 bits per heavy atom. The molecule has 0 aromatic carbocycles. The summed E-state index contributed by atoms with van der Waals surface area (Å²) in [5, 5.41) is 21.7. The third-order valence-electron chi connectivity index (χ3n) is 9.84. The van der Waals surface area contributed by atoms with E-state index in [2.05, 4.69) is 46.8 Å². The zero-order chi connectivity index (χ0) is 21.0. The second kappa shape index (κ2) is 7.52. The van der Waals surface area contributed by atoms with Crippen LogP contribution in [0, 0.1) is 40.4 Å². The van der Waals surface area contributed by atoms with E-state index in [9.17, 15) is 10.2 Å². The molecule has 2 nitrogen and oxygen atoms in total. The monoisotopic (exact) mass is 400 g/mol. The molecule has 2 heteroatoms. The molecule has 0 aromatic rings. The molecule has 4 aliphatic carbocycles. The van der Waals surface area contributed by atoms with Crippen LogP contribution in [0.25, 0.3) is 0 Å². The summed E-state index contributed by atoms with van der Waals surface area (Å²) in [7, 11) is 0. The third-order valence-corrected chi connectivity index (χ3v) is 9.84. The first-order chi connectivity index (χ1) is 13.6. The van der Waals surface area contributed by atoms with E-state index in [0.29, 0.717) is 11.8 Å². The van der Waals surface area contributed by atoms with E-state index in [0.717, 1.165) is 37.0 Å². The predicted molar refractivity (Wildman–Crippen MR) is 120 cm³/mol. The van der Waals surface area contributed by atoms with E-state index in [1.807, 2.05) is 6.08 Å². The zero-order valence-electron chi connectivity index (χ0n) is 19.5. The van der Waals surface area contributed by atoms with Crippen LogP contribution < -0.4 is 0 Å². The first kappa shape index (κ1) is 21.6. The number of rotatable bonds is 5. The van der Waals surface area contributed by atoms with Crippen molar-refractivity contribution in [3.05, 3.63) is 23.8 Å². The Labute approximate surface area is 178 Å². The van der Waals surface area contributed by atoms with Crippen LogP contribution in [0.3, 0.4) is 0 Å². The number of hydrogen-bond donors (Lipinski definition) is 2. The standard InChI is InChI=1S/C27H44O2/c1-18(2)7-6-14-27(5,29)24-11-10-22-21-9-8-19-17-20(28)12-15-25(19,3)23(21)13-16-26(22,24)4/h8,12,15,18,20-24,28-29H,6-7,9-11,13-14,16-17H2,1-5H3/t20-,21-,22-,23-,24-,25-,26-,27-/m0/s1. The summed E-state index contributed by atoms with van der Waals surface area (Å²) in [5.41, 5.74) is 1.37. The molecule has 0 radical (unpaired) electrons. The van der Waals surface area contributed by atoms with Gasteiger partial charge in [-0.05, 0) is 86.9 Å². The van der Waals surface area contributed by atoms with Crippen LogP contribution in [-0.4, -0.2) is 21.9 Å². The van der Waals surface area contributed by atoms with Gasteiger partial charge in [0.25, 0.3) is 0 Å². The predicted octanol–water partition coefficient (Wildman–Crippen LogP) is 6.28. The molecule has 4 aliphatic rings. The van der Waals surface area contributed by atoms with E-state index in [1.54, 1.807) is 0 Å². The lowest BCUT2D eigenvalue weighted by molar-refractivity contribution is -0.0985. The number of fused-ring (bicyclic) bond motifs is 5. The SMILES string of the molecule is CC(C)CCC[C@](C)(O)[C@H]1CC[C@H]2[C@@H]3CC=C4C[C@@H](O)C=C[C@]4(C)[C@H]3CC[C@@]21C. The minimum absolute atomic E-state index is 0.140. The van der Waals surface area contributed by atoms with E-state index in [1.165, 1.54) is 44.1 Å². The van der Waals surface area contributed by atoms with Crippen molar-refractivity contribution in [2.24, 2.45) is 40.4 Å². The molecule has 4 rings (SSSR count). The number of hydrogen-bond acceptors (Lipinski definition) is 2. The fourth-order valence-electron chi connectivity index (χ4n) is 8.30. The fraction of sp³-hybridized carbons (Fsp3) is 0.852. The first-order valence-electron chi connectivity index (χ1n) is 12.4. The highest BCUT2D eigenvalue weighted by Crippen LogP contribution is 2.67. The molecule has 0 bridgehead atoms. The zero-order valence-corrected chi connectivity index (χ0v) is 19.5. The summed E-state index contributed by atoms with van der Waals surface area (Å²) in [6.07, 6.45) is 16.9. The average molecular weight is 401 g/mol. The summed E-state index contributed by atoms with van der Waals surface area (Å²) in [4.78, 5) is 0. The summed E-state index contributed by atoms with van der Waals surface area (Å²) < 4.78 is 0. The lowest BCUT2D eigenvalue weighted by Gasteiger charge is -2.57. The van der Waals surface area contributed by atoms with Gasteiger partial charge in [0.05, 0.1) is 11.7 Å². The van der Waals surface area contributed by atoms with Crippen molar-refractivity contribution in [3.8, 4) is 0 Å². The van der Waals surface area contributed by atoms with Crippen molar-refractivity contribution in [1.82, 2.24) is 0 Å². The van der Waals surface area contributed by atoms with Gasteiger partial charge in [0.1, 0.15) is 0 Å². The quantitative estimate of drug-likeness (QED) is 0.533. The molecular formula is C27H44O2. The largest absolute Gasteiger partial charge is 0.390 e. The van der Waals surface area contributed by atoms with E-state index in [-0.39, 0.29) is 16.9 Å². The van der Waals surface area contributed by atoms with Crippen LogP contribution in [0.15, 0.2) is 23.8 Å². The van der Waals surface area contributed by atoms with Crippen molar-refractivity contribution in [3.63, 3.8) is 0 Å². The van der Waals surface area contributed by atoms with Crippen molar-refractivity contribution in [2.45, 2.75) is 104 Å². The Hall–Kier alpha value is -0.600. The number of aliphatic hydroxyl groups excluding tert-OH is 1. The molecule has 0 unspecified atom stereocenters. The van der Waals surface area contributed by atoms with Crippen LogP contribution in [-0.2, 0) is 0 Å². The molecule has 0 amide bonds. The van der Waals surface area contributed by atoms with Crippen LogP contribution in [0.4, 0.5) is 0 Å². The molecule has 2 fully saturated rings. The van der Waals surface area contributed by atoms with Crippen LogP contribution in [0.2, 0.25) is 0 Å². The van der Waals surface area contributed by atoms with Gasteiger partial charge in [-0.1, -0.05) is 64.3 Å². The molecule has 0 saturated heterocycles. The third kappa shape index (κ3) is 3.57. The first-order valence-corrected chi connectivity index (χ1v) is 12.4. The molecule has 2 N–H and O–H groups in total. The lowest BCUT2D eigenvalue weighted by Crippen LogP contribution is -2.52. The molecule has 164 valence electrons. The number of allylic oxidation sites excluding steroid dienone is 2. The molecule has 0 aliphatic heterocycles. The normalized spacial score (nSPS) is 45.9. The molecule has 2 saturated carbocycles. The summed E-state index contributed by atoms with van der Waals surface area (Å²) in [6.45, 7) is 11.7. The highest BCUT2D eigenvalue weighted by Gasteiger charge is 2.60. The topological polar surface area (TPSA) is 40.5 Å². The Bertz CT molecular complexity index is 674. The Kier molecular flexibility index (Phi) is 5.61. The fourth-order valence-corrected chi connectivity index (χ4v) is 8.30. The van der Waals surface area contributed by atoms with Gasteiger partial charge in [-0.25, -0.2) is 0 Å². The molecule has 0 heterocycles. The van der Waals surface area contributed by atoms with Gasteiger partial charge in [-0.3, -0.25) is 0 Å². The maximum atomic E-state index is 11.5. The van der Waals surface area contributed by atoms with Gasteiger partial charge >= 0.3 is 0 Å². The van der Waals surface area contributed by atoms with Crippen molar-refractivity contribution in [2.75, 3.05) is 0 Å². The maximum Gasteiger partial charge on any atom is 0.0758 e. The molecule has 0 aromatic heterocycles. The highest BCUT2D eigenvalue weighted by molar-refractivity contribution is 5.33. The van der Waals surface area contributed by atoms with Gasteiger partial charge in [0.2, 0.25) is 0 Å². The molecule has 29 heavy (non-hydrogen) atoms. The van der Waals surface area contributed by atoms with Crippen LogP contribution >= 0.6 is 0 Å². The minimum atomic E-state index is -0.528. The molecule has 0 spiro atoms. The Morgan fingerprint density at radius 3 is 2.66 bits per heavy atom. The van der Waals surface area contributed by atoms with Crippen LogP contribution in [0.5, 0.6) is 0 Å². The van der Waals surface area contributed by atoms with Gasteiger partial charge in [-0.15, -0.1) is 0 Å². The summed E-state index contributed by atoms with van der Waals surface area (Å²) >= 11 is 0. The Morgan fingerprint density at radius 1 is 1.17 bits per heavy atom. The molecular weight excluding hydrogens is 356 g/mol. The van der Waals surface area contributed by atoms with E-state index in [4.69, 9.17) is 0 Å². The van der Waals surface area contributed by atoms with Crippen molar-refractivity contribution < 1.29 is 10.2 Å². The maximum absolute atomic E-state index is 11.5. The van der Waals surface area contributed by atoms with Crippen LogP contribution in [0.1, 0.15) is 92.4 Å². The summed E-state index contributed by atoms with van der Waals surface area (Å²) in [6, 6.07) is 0. The summed E-state index contributed by atoms with van der Waals surface area (Å²) in [5.74, 6) is 3.33. The van der Waals surface area contributed by atoms with Gasteiger partial charge < -0.3 is 10.2 Å². The Balaban J connectivity index is 1.54. The van der Waals surface area contributed by atoms with E-state index >= 15 is 0 Å². The average Bonchev–Trinajstić information content (AvgIpc) is 3.00. The number of aliphatic hydroxyl groups is 2. The van der Waals surface area contributed by atoms with Gasteiger partial charge in [0, 0.05) is 5.41 Å².